The number of benzene rings is 2. The van der Waals surface area contributed by atoms with Gasteiger partial charge in [-0.1, -0.05) is 0 Å². The molecule has 1 fully saturated rings. The Balaban J connectivity index is 1.50. The van der Waals surface area contributed by atoms with Crippen molar-refractivity contribution in [3.63, 3.8) is 0 Å². The predicted octanol–water partition coefficient (Wildman–Crippen LogP) is 3.81. The van der Waals surface area contributed by atoms with Gasteiger partial charge in [0, 0.05) is 23.8 Å². The zero-order valence-electron chi connectivity index (χ0n) is 22.8. The van der Waals surface area contributed by atoms with Crippen LogP contribution >= 0.6 is 0 Å². The zero-order chi connectivity index (χ0) is 30.3. The number of ether oxygens (including phenoxy) is 4. The van der Waals surface area contributed by atoms with Gasteiger partial charge in [0.25, 0.3) is 5.91 Å². The molecular formula is C29H29F4N3O6. The van der Waals surface area contributed by atoms with Gasteiger partial charge in [0.05, 0.1) is 32.1 Å². The maximum Gasteiger partial charge on any atom is 0.414 e. The highest BCUT2D eigenvalue weighted by molar-refractivity contribution is 5.95. The molecule has 5 rings (SSSR count). The van der Waals surface area contributed by atoms with Gasteiger partial charge < -0.3 is 35.1 Å². The first kappa shape index (κ1) is 29.5. The van der Waals surface area contributed by atoms with Crippen LogP contribution in [0.2, 0.25) is 0 Å². The lowest BCUT2D eigenvalue weighted by Gasteiger charge is -2.30. The maximum atomic E-state index is 14.2. The van der Waals surface area contributed by atoms with Crippen molar-refractivity contribution >= 4 is 5.91 Å². The summed E-state index contributed by atoms with van der Waals surface area (Å²) in [6.45, 7) is -1.88. The first-order chi connectivity index (χ1) is 19.9. The van der Waals surface area contributed by atoms with E-state index in [-0.39, 0.29) is 34.4 Å². The number of nitrogens with two attached hydrogens (primary N) is 1. The molecule has 13 heteroatoms. The van der Waals surface area contributed by atoms with Crippen LogP contribution in [0.4, 0.5) is 17.6 Å². The van der Waals surface area contributed by atoms with E-state index in [1.165, 1.54) is 38.5 Å². The van der Waals surface area contributed by atoms with Crippen LogP contribution in [0.25, 0.3) is 11.3 Å². The van der Waals surface area contributed by atoms with Crippen molar-refractivity contribution in [1.29, 1.82) is 0 Å². The molecule has 2 aliphatic rings. The number of fused-ring (bicyclic) bond motifs is 1. The van der Waals surface area contributed by atoms with Crippen molar-refractivity contribution in [2.45, 2.75) is 36.3 Å². The Morgan fingerprint density at radius 2 is 1.86 bits per heavy atom. The molecule has 1 aliphatic heterocycles. The summed E-state index contributed by atoms with van der Waals surface area (Å²) in [5, 5.41) is 14.3. The third-order valence-electron chi connectivity index (χ3n) is 7.17. The minimum Gasteiger partial charge on any atom is -0.493 e. The van der Waals surface area contributed by atoms with E-state index in [1.807, 2.05) is 0 Å². The van der Waals surface area contributed by atoms with Crippen LogP contribution in [0.1, 0.15) is 34.5 Å². The number of amides is 1. The summed E-state index contributed by atoms with van der Waals surface area (Å²) in [5.74, 6) is -0.585. The summed E-state index contributed by atoms with van der Waals surface area (Å²) in [6, 6.07) is 10.5. The second-order valence-corrected chi connectivity index (χ2v) is 10.3. The molecule has 1 saturated carbocycles. The van der Waals surface area contributed by atoms with Gasteiger partial charge in [-0.2, -0.15) is 13.2 Å². The van der Waals surface area contributed by atoms with E-state index >= 15 is 0 Å². The van der Waals surface area contributed by atoms with E-state index in [2.05, 4.69) is 10.3 Å². The Labute approximate surface area is 238 Å². The summed E-state index contributed by atoms with van der Waals surface area (Å²) in [5.41, 5.74) is 0.418. The zero-order valence-corrected chi connectivity index (χ0v) is 22.8. The minimum atomic E-state index is -4.92. The Morgan fingerprint density at radius 3 is 2.48 bits per heavy atom. The third-order valence-corrected chi connectivity index (χ3v) is 7.17. The SMILES string of the molecule is COCC(O)(CNC(=O)c1ccc(OC2CC2)c(OC)c1)c1cc2c(c(-c3ccc(F)cc3)n1)OC[C@@]2(N)C(F)(F)F. The van der Waals surface area contributed by atoms with Crippen molar-refractivity contribution in [3.8, 4) is 28.5 Å². The van der Waals surface area contributed by atoms with E-state index in [0.29, 0.717) is 11.5 Å². The molecule has 1 aliphatic carbocycles. The van der Waals surface area contributed by atoms with Crippen LogP contribution in [0.3, 0.4) is 0 Å². The number of halogens is 4. The van der Waals surface area contributed by atoms with Crippen molar-refractivity contribution in [2.24, 2.45) is 5.73 Å². The van der Waals surface area contributed by atoms with Gasteiger partial charge in [-0.3, -0.25) is 4.79 Å². The second-order valence-electron chi connectivity index (χ2n) is 10.3. The third kappa shape index (κ3) is 5.59. The number of hydrogen-bond acceptors (Lipinski definition) is 8. The lowest BCUT2D eigenvalue weighted by molar-refractivity contribution is -0.191. The Kier molecular flexibility index (Phi) is 7.77. The molecule has 0 radical (unpaired) electrons. The molecule has 9 nitrogen and oxygen atoms in total. The van der Waals surface area contributed by atoms with Gasteiger partial charge in [-0.15, -0.1) is 0 Å². The Bertz CT molecular complexity index is 1480. The molecule has 1 aromatic heterocycles. The molecule has 0 bridgehead atoms. The van der Waals surface area contributed by atoms with Crippen molar-refractivity contribution in [3.05, 3.63) is 71.2 Å². The highest BCUT2D eigenvalue weighted by Crippen LogP contribution is 2.49. The van der Waals surface area contributed by atoms with Crippen LogP contribution in [0, 0.1) is 5.82 Å². The van der Waals surface area contributed by atoms with Gasteiger partial charge in [-0.05, 0) is 61.4 Å². The normalized spacial score (nSPS) is 19.4. The molecule has 1 amide bonds. The molecule has 2 aromatic carbocycles. The molecule has 2 atom stereocenters. The molecule has 224 valence electrons. The monoisotopic (exact) mass is 591 g/mol. The topological polar surface area (TPSA) is 125 Å². The van der Waals surface area contributed by atoms with Crippen molar-refractivity contribution in [2.75, 3.05) is 34.0 Å². The van der Waals surface area contributed by atoms with Crippen LogP contribution in [0.15, 0.2) is 48.5 Å². The Hall–Kier alpha value is -3.94. The summed E-state index contributed by atoms with van der Waals surface area (Å²) >= 11 is 0. The first-order valence-corrected chi connectivity index (χ1v) is 13.0. The number of rotatable bonds is 10. The number of carbonyl (C=O) groups excluding carboxylic acids is 1. The molecule has 0 spiro atoms. The number of alkyl halides is 3. The molecular weight excluding hydrogens is 562 g/mol. The summed E-state index contributed by atoms with van der Waals surface area (Å²) < 4.78 is 77.8. The number of pyridine rings is 1. The van der Waals surface area contributed by atoms with Crippen LogP contribution in [-0.4, -0.2) is 62.3 Å². The number of nitrogens with one attached hydrogen (secondary N) is 1. The molecule has 2 heterocycles. The Morgan fingerprint density at radius 1 is 1.14 bits per heavy atom. The fourth-order valence-corrected chi connectivity index (χ4v) is 4.61. The van der Waals surface area contributed by atoms with Crippen molar-refractivity contribution in [1.82, 2.24) is 10.3 Å². The van der Waals surface area contributed by atoms with Gasteiger partial charge in [0.15, 0.2) is 22.8 Å². The molecule has 1 unspecified atom stereocenters. The summed E-state index contributed by atoms with van der Waals surface area (Å²) in [4.78, 5) is 17.5. The highest BCUT2D eigenvalue weighted by atomic mass is 19.4. The number of aromatic nitrogens is 1. The van der Waals surface area contributed by atoms with Gasteiger partial charge in [0.1, 0.15) is 23.7 Å². The molecule has 42 heavy (non-hydrogen) atoms. The highest BCUT2D eigenvalue weighted by Gasteiger charge is 2.59. The fourth-order valence-electron chi connectivity index (χ4n) is 4.61. The number of methoxy groups -OCH3 is 2. The van der Waals surface area contributed by atoms with Crippen molar-refractivity contribution < 1.29 is 46.4 Å². The van der Waals surface area contributed by atoms with Crippen LogP contribution < -0.4 is 25.3 Å². The smallest absolute Gasteiger partial charge is 0.414 e. The van der Waals surface area contributed by atoms with Crippen LogP contribution in [-0.2, 0) is 15.9 Å². The maximum absolute atomic E-state index is 14.2. The largest absolute Gasteiger partial charge is 0.493 e. The minimum absolute atomic E-state index is 0.0871. The predicted molar refractivity (Wildman–Crippen MR) is 142 cm³/mol. The average molecular weight is 592 g/mol. The van der Waals surface area contributed by atoms with Crippen LogP contribution in [0.5, 0.6) is 17.2 Å². The summed E-state index contributed by atoms with van der Waals surface area (Å²) in [6.07, 6.45) is -2.94. The first-order valence-electron chi connectivity index (χ1n) is 13.0. The molecule has 0 saturated heterocycles. The van der Waals surface area contributed by atoms with E-state index in [4.69, 9.17) is 24.7 Å². The molecule has 4 N–H and O–H groups in total. The standard InChI is InChI=1S/C29H29F4N3O6/c1-39-14-27(38,13-35-26(37)17-5-10-21(22(11-17)40-2)42-19-8-9-19)23-12-20-25(41-15-28(20,34)29(31,32)33)24(36-23)16-3-6-18(30)7-4-16/h3-7,10-12,19,38H,8-9,13-15,34H2,1-2H3,(H,35,37)/t27?,28-/m0/s1. The van der Waals surface area contributed by atoms with E-state index in [0.717, 1.165) is 31.0 Å². The van der Waals surface area contributed by atoms with E-state index < -0.39 is 54.4 Å². The number of carbonyl (C=O) groups is 1. The quantitative estimate of drug-likeness (QED) is 0.304. The van der Waals surface area contributed by atoms with E-state index in [9.17, 15) is 27.5 Å². The van der Waals surface area contributed by atoms with Gasteiger partial charge >= 0.3 is 6.18 Å². The number of aliphatic hydroxyl groups is 1. The second kappa shape index (κ2) is 11.0. The van der Waals surface area contributed by atoms with E-state index in [1.54, 1.807) is 6.07 Å². The average Bonchev–Trinajstić information content (AvgIpc) is 3.71. The van der Waals surface area contributed by atoms with Gasteiger partial charge in [-0.25, -0.2) is 9.37 Å². The number of nitrogens with zero attached hydrogens (tertiary/aromatic N) is 1. The van der Waals surface area contributed by atoms with Gasteiger partial charge in [0.2, 0.25) is 0 Å². The fraction of sp³-hybridized carbons (Fsp3) is 0.379. The number of hydrogen-bond donors (Lipinski definition) is 3. The molecule has 3 aromatic rings. The lowest BCUT2D eigenvalue weighted by Crippen LogP contribution is -2.52. The summed E-state index contributed by atoms with van der Waals surface area (Å²) in [7, 11) is 2.71. The lowest BCUT2D eigenvalue weighted by atomic mass is 9.88.